The molecular formula is C43H55FN8O4. The third kappa shape index (κ3) is 6.86. The monoisotopic (exact) mass is 766 g/mol. The van der Waals surface area contributed by atoms with Crippen LogP contribution < -0.4 is 15.5 Å². The van der Waals surface area contributed by atoms with Gasteiger partial charge in [0.15, 0.2) is 5.82 Å². The molecule has 4 aromatic rings. The number of pyridine rings is 1. The molecule has 56 heavy (non-hydrogen) atoms. The Hall–Kier alpha value is -4.43. The largest absolute Gasteiger partial charge is 0.383 e. The summed E-state index contributed by atoms with van der Waals surface area (Å²) in [5.41, 5.74) is 5.54. The highest BCUT2D eigenvalue weighted by Crippen LogP contribution is 2.52. The van der Waals surface area contributed by atoms with E-state index in [-0.39, 0.29) is 29.6 Å². The number of aryl methyl sites for hydroxylation is 1. The van der Waals surface area contributed by atoms with E-state index in [0.717, 1.165) is 48.3 Å². The number of hydrogen-bond acceptors (Lipinski definition) is 9. The molecule has 0 bridgehead atoms. The van der Waals surface area contributed by atoms with Crippen LogP contribution in [0.25, 0.3) is 22.3 Å². The molecule has 1 spiro atoms. The number of rotatable bonds is 11. The molecule has 12 nitrogen and oxygen atoms in total. The van der Waals surface area contributed by atoms with Crippen molar-refractivity contribution in [1.29, 1.82) is 0 Å². The van der Waals surface area contributed by atoms with Crippen molar-refractivity contribution in [3.8, 4) is 11.3 Å². The molecule has 3 fully saturated rings. The minimum atomic E-state index is -1.02. The van der Waals surface area contributed by atoms with Crippen LogP contribution >= 0.6 is 0 Å². The maximum atomic E-state index is 15.7. The number of nitrogens with zero attached hydrogens (tertiary/aromatic N) is 6. The Morgan fingerprint density at radius 1 is 1.05 bits per heavy atom. The van der Waals surface area contributed by atoms with Gasteiger partial charge >= 0.3 is 0 Å². The molecule has 8 rings (SSSR count). The smallest absolute Gasteiger partial charge is 0.238 e. The number of carbonyl (C=O) groups is 2. The lowest BCUT2D eigenvalue weighted by molar-refractivity contribution is -0.134. The first-order valence-corrected chi connectivity index (χ1v) is 20.3. The molecule has 2 aromatic heterocycles. The summed E-state index contributed by atoms with van der Waals surface area (Å²) >= 11 is 0. The maximum Gasteiger partial charge on any atom is 0.238 e. The molecule has 3 aliphatic heterocycles. The van der Waals surface area contributed by atoms with Crippen LogP contribution in [0.3, 0.4) is 0 Å². The number of ether oxygens (including phenoxy) is 1. The van der Waals surface area contributed by atoms with Gasteiger partial charge in [-0.3, -0.25) is 14.9 Å². The number of anilines is 3. The van der Waals surface area contributed by atoms with Crippen molar-refractivity contribution in [3.05, 3.63) is 65.2 Å². The normalized spacial score (nSPS) is 21.5. The third-order valence-electron chi connectivity index (χ3n) is 12.8. The summed E-state index contributed by atoms with van der Waals surface area (Å²) in [5, 5.41) is 17.3. The van der Waals surface area contributed by atoms with Crippen molar-refractivity contribution >= 4 is 40.0 Å². The second-order valence-corrected chi connectivity index (χ2v) is 16.5. The van der Waals surface area contributed by atoms with Crippen LogP contribution in [-0.2, 0) is 19.7 Å². The van der Waals surface area contributed by atoms with E-state index in [0.29, 0.717) is 73.3 Å². The summed E-state index contributed by atoms with van der Waals surface area (Å²) in [5.74, 6) is 0.163. The van der Waals surface area contributed by atoms with E-state index < -0.39 is 17.5 Å². The van der Waals surface area contributed by atoms with Gasteiger partial charge in [-0.15, -0.1) is 0 Å². The summed E-state index contributed by atoms with van der Waals surface area (Å²) in [6, 6.07) is 11.9. The number of aromatic nitrogens is 3. The fraction of sp³-hybridized carbons (Fsp3) is 0.535. The maximum absolute atomic E-state index is 15.7. The zero-order valence-electron chi connectivity index (χ0n) is 33.3. The first-order chi connectivity index (χ1) is 27.0. The van der Waals surface area contributed by atoms with Crippen molar-refractivity contribution in [1.82, 2.24) is 29.7 Å². The SMILES string of the molecule is COCCNC(O)c1cc(Nc2nc(-c3ccc4c(c3)N([C@H]3C[C@@H](N5CCCCC5)C3)C(=O)C43CCN(C(C)=O)CC3)cc3ncn(C(C)C)c23)c(F)cc1C. The first kappa shape index (κ1) is 38.4. The van der Waals surface area contributed by atoms with E-state index in [1.165, 1.54) is 25.3 Å². The Labute approximate surface area is 328 Å². The van der Waals surface area contributed by atoms with E-state index in [4.69, 9.17) is 14.7 Å². The van der Waals surface area contributed by atoms with Crippen molar-refractivity contribution in [2.45, 2.75) is 102 Å². The summed E-state index contributed by atoms with van der Waals surface area (Å²) in [6.07, 6.45) is 7.63. The predicted octanol–water partition coefficient (Wildman–Crippen LogP) is 6.34. The van der Waals surface area contributed by atoms with E-state index in [1.54, 1.807) is 33.4 Å². The molecule has 1 aliphatic carbocycles. The number of halogens is 1. The highest BCUT2D eigenvalue weighted by atomic mass is 19.1. The lowest BCUT2D eigenvalue weighted by Crippen LogP contribution is -2.58. The number of nitrogens with one attached hydrogen (secondary N) is 2. The highest BCUT2D eigenvalue weighted by Gasteiger charge is 2.55. The van der Waals surface area contributed by atoms with E-state index in [2.05, 4.69) is 46.4 Å². The topological polar surface area (TPSA) is 128 Å². The van der Waals surface area contributed by atoms with Gasteiger partial charge in [0.2, 0.25) is 11.8 Å². The fourth-order valence-corrected chi connectivity index (χ4v) is 9.45. The van der Waals surface area contributed by atoms with Gasteiger partial charge in [0, 0.05) is 68.6 Å². The fourth-order valence-electron chi connectivity index (χ4n) is 9.45. The number of piperidine rings is 2. The quantitative estimate of drug-likeness (QED) is 0.118. The predicted molar refractivity (Wildman–Crippen MR) is 215 cm³/mol. The molecule has 1 saturated carbocycles. The molecule has 0 radical (unpaired) electrons. The second-order valence-electron chi connectivity index (χ2n) is 16.5. The number of aliphatic hydroxyl groups is 1. The van der Waals surface area contributed by atoms with Crippen LogP contribution in [0.1, 0.15) is 94.7 Å². The Morgan fingerprint density at radius 3 is 2.50 bits per heavy atom. The van der Waals surface area contributed by atoms with Crippen LogP contribution in [0.15, 0.2) is 42.7 Å². The molecule has 1 unspecified atom stereocenters. The van der Waals surface area contributed by atoms with E-state index >= 15 is 4.39 Å². The van der Waals surface area contributed by atoms with Gasteiger partial charge in [0.05, 0.1) is 35.2 Å². The number of carbonyl (C=O) groups excluding carboxylic acids is 2. The average Bonchev–Trinajstić information content (AvgIpc) is 3.70. The lowest BCUT2D eigenvalue weighted by Gasteiger charge is -2.48. The van der Waals surface area contributed by atoms with Gasteiger partial charge in [-0.25, -0.2) is 14.4 Å². The van der Waals surface area contributed by atoms with Crippen LogP contribution in [0.5, 0.6) is 0 Å². The standard InChI is InChI=1S/C43H55FN8O4/c1-26(2)51-25-46-37-24-35(47-40(39(37)51)48-36-23-32(27(3)19-34(36)44)41(54)45-13-18-56-5)29-9-10-33-38(20-29)52(31-21-30(22-31)50-14-7-6-8-15-50)42(55)43(33)11-16-49(17-12-43)28(4)53/h9-10,19-20,23-26,30-31,41,45,54H,6-8,11-18,21-22H2,1-5H3,(H,47,48)/t30-,31+,41?. The zero-order valence-corrected chi connectivity index (χ0v) is 33.3. The molecule has 2 amide bonds. The molecule has 4 aliphatic rings. The summed E-state index contributed by atoms with van der Waals surface area (Å²) in [6.45, 7) is 11.7. The van der Waals surface area contributed by atoms with Crippen molar-refractivity contribution in [2.24, 2.45) is 0 Å². The number of benzene rings is 2. The lowest BCUT2D eigenvalue weighted by atomic mass is 9.73. The Morgan fingerprint density at radius 2 is 1.80 bits per heavy atom. The van der Waals surface area contributed by atoms with Gasteiger partial charge in [0.25, 0.3) is 0 Å². The first-order valence-electron chi connectivity index (χ1n) is 20.3. The average molecular weight is 767 g/mol. The minimum Gasteiger partial charge on any atom is -0.383 e. The van der Waals surface area contributed by atoms with Gasteiger partial charge < -0.3 is 34.4 Å². The van der Waals surface area contributed by atoms with Gasteiger partial charge in [-0.05, 0) is 108 Å². The minimum absolute atomic E-state index is 0.0449. The molecule has 298 valence electrons. The second kappa shape index (κ2) is 15.5. The summed E-state index contributed by atoms with van der Waals surface area (Å²) in [7, 11) is 1.60. The number of likely N-dealkylation sites (tertiary alicyclic amines) is 2. The van der Waals surface area contributed by atoms with Crippen molar-refractivity contribution < 1.29 is 23.8 Å². The van der Waals surface area contributed by atoms with Crippen molar-refractivity contribution in [2.75, 3.05) is 56.7 Å². The Bertz CT molecular complexity index is 2120. The molecule has 2 saturated heterocycles. The molecule has 3 N–H and O–H groups in total. The highest BCUT2D eigenvalue weighted by molar-refractivity contribution is 6.09. The van der Waals surface area contributed by atoms with Crippen LogP contribution in [-0.4, -0.2) is 99.8 Å². The van der Waals surface area contributed by atoms with Crippen molar-refractivity contribution in [3.63, 3.8) is 0 Å². The number of fused-ring (bicyclic) bond motifs is 3. The number of amides is 2. The van der Waals surface area contributed by atoms with Crippen LogP contribution in [0.4, 0.5) is 21.6 Å². The number of imidazole rings is 1. The molecule has 1 atom stereocenters. The van der Waals surface area contributed by atoms with Crippen LogP contribution in [0, 0.1) is 12.7 Å². The molecular weight excluding hydrogens is 712 g/mol. The van der Waals surface area contributed by atoms with E-state index in [9.17, 15) is 14.7 Å². The van der Waals surface area contributed by atoms with E-state index in [1.807, 2.05) is 21.6 Å². The zero-order chi connectivity index (χ0) is 39.3. The summed E-state index contributed by atoms with van der Waals surface area (Å²) < 4.78 is 22.9. The number of hydrogen-bond donors (Lipinski definition) is 3. The van der Waals surface area contributed by atoms with Crippen LogP contribution in [0.2, 0.25) is 0 Å². The number of aliphatic hydroxyl groups excluding tert-OH is 1. The number of methoxy groups -OCH3 is 1. The summed E-state index contributed by atoms with van der Waals surface area (Å²) in [4.78, 5) is 43.6. The third-order valence-corrected chi connectivity index (χ3v) is 12.8. The Balaban J connectivity index is 1.17. The van der Waals surface area contributed by atoms with Gasteiger partial charge in [-0.2, -0.15) is 0 Å². The molecule has 5 heterocycles. The molecule has 2 aromatic carbocycles. The van der Waals surface area contributed by atoms with Gasteiger partial charge in [0.1, 0.15) is 17.6 Å². The molecule has 13 heteroatoms. The van der Waals surface area contributed by atoms with Gasteiger partial charge in [-0.1, -0.05) is 18.6 Å². The Kier molecular flexibility index (Phi) is 10.6.